The van der Waals surface area contributed by atoms with Crippen molar-refractivity contribution in [3.8, 4) is 17.2 Å². The van der Waals surface area contributed by atoms with Gasteiger partial charge in [-0.2, -0.15) is 0 Å². The van der Waals surface area contributed by atoms with Crippen molar-refractivity contribution in [2.75, 3.05) is 6.61 Å². The average molecular weight is 424 g/mol. The standard InChI is InChI=1S/C22H20N2O5S/c25-13-19-17(23-20(29-19)15-4-2-1-3-5-15)10-11-28-16-8-6-14(7-9-16)12-18-21(26)30-22(27)24-18/h1-9,18,25H,10-13H2,(H,24,27). The van der Waals surface area contributed by atoms with Crippen LogP contribution in [0.15, 0.2) is 59.0 Å². The first-order chi connectivity index (χ1) is 14.6. The third-order valence-electron chi connectivity index (χ3n) is 4.68. The quantitative estimate of drug-likeness (QED) is 0.572. The summed E-state index contributed by atoms with van der Waals surface area (Å²) < 4.78 is 11.5. The van der Waals surface area contributed by atoms with Gasteiger partial charge >= 0.3 is 0 Å². The van der Waals surface area contributed by atoms with Gasteiger partial charge in [0.2, 0.25) is 11.0 Å². The van der Waals surface area contributed by atoms with Gasteiger partial charge in [-0.05, 0) is 29.8 Å². The molecule has 0 spiro atoms. The lowest BCUT2D eigenvalue weighted by Gasteiger charge is -2.09. The van der Waals surface area contributed by atoms with Gasteiger partial charge in [0.25, 0.3) is 5.24 Å². The molecule has 7 nitrogen and oxygen atoms in total. The minimum absolute atomic E-state index is 0.150. The van der Waals surface area contributed by atoms with E-state index >= 15 is 0 Å². The van der Waals surface area contributed by atoms with Gasteiger partial charge in [0.15, 0.2) is 5.76 Å². The van der Waals surface area contributed by atoms with Crippen molar-refractivity contribution < 1.29 is 23.8 Å². The number of hydrogen-bond acceptors (Lipinski definition) is 7. The molecule has 2 N–H and O–H groups in total. The molecule has 4 rings (SSSR count). The van der Waals surface area contributed by atoms with Gasteiger partial charge in [-0.1, -0.05) is 30.3 Å². The Labute approximate surface area is 177 Å². The molecule has 8 heteroatoms. The first kappa shape index (κ1) is 20.2. The molecule has 0 saturated carbocycles. The van der Waals surface area contributed by atoms with E-state index in [-0.39, 0.29) is 17.0 Å². The summed E-state index contributed by atoms with van der Waals surface area (Å²) >= 11 is 0.718. The molecule has 1 aliphatic heterocycles. The van der Waals surface area contributed by atoms with Crippen LogP contribution in [-0.2, 0) is 24.2 Å². The number of thioether (sulfide) groups is 1. The van der Waals surface area contributed by atoms with Crippen LogP contribution in [0.4, 0.5) is 4.79 Å². The number of nitrogens with zero attached hydrogens (tertiary/aromatic N) is 1. The molecule has 1 amide bonds. The minimum Gasteiger partial charge on any atom is -0.493 e. The van der Waals surface area contributed by atoms with E-state index < -0.39 is 6.04 Å². The molecular formula is C22H20N2O5S. The highest BCUT2D eigenvalue weighted by molar-refractivity contribution is 8.26. The highest BCUT2D eigenvalue weighted by Gasteiger charge is 2.31. The average Bonchev–Trinajstić information content (AvgIpc) is 3.32. The second-order valence-electron chi connectivity index (χ2n) is 6.77. The van der Waals surface area contributed by atoms with Crippen LogP contribution in [0.2, 0.25) is 0 Å². The Morgan fingerprint density at radius 2 is 1.87 bits per heavy atom. The lowest BCUT2D eigenvalue weighted by Crippen LogP contribution is -2.30. The van der Waals surface area contributed by atoms with Crippen LogP contribution in [0.5, 0.6) is 5.75 Å². The molecule has 1 unspecified atom stereocenters. The number of carbonyl (C=O) groups excluding carboxylic acids is 2. The van der Waals surface area contributed by atoms with Crippen molar-refractivity contribution in [2.45, 2.75) is 25.5 Å². The van der Waals surface area contributed by atoms with Crippen LogP contribution in [-0.4, -0.2) is 33.1 Å². The lowest BCUT2D eigenvalue weighted by molar-refractivity contribution is -0.112. The summed E-state index contributed by atoms with van der Waals surface area (Å²) in [7, 11) is 0. The normalized spacial score (nSPS) is 16.0. The van der Waals surface area contributed by atoms with E-state index in [0.717, 1.165) is 22.9 Å². The Morgan fingerprint density at radius 1 is 1.10 bits per heavy atom. The number of oxazole rings is 1. The molecule has 30 heavy (non-hydrogen) atoms. The number of amides is 1. The van der Waals surface area contributed by atoms with E-state index in [2.05, 4.69) is 10.3 Å². The Kier molecular flexibility index (Phi) is 6.15. The van der Waals surface area contributed by atoms with E-state index in [4.69, 9.17) is 9.15 Å². The van der Waals surface area contributed by atoms with Gasteiger partial charge in [0.1, 0.15) is 18.4 Å². The van der Waals surface area contributed by atoms with Gasteiger partial charge in [-0.15, -0.1) is 0 Å². The number of carbonyl (C=O) groups is 2. The molecule has 1 aliphatic rings. The zero-order valence-corrected chi connectivity index (χ0v) is 16.9. The Bertz CT molecular complexity index is 1030. The van der Waals surface area contributed by atoms with Crippen molar-refractivity contribution in [1.82, 2.24) is 10.3 Å². The van der Waals surface area contributed by atoms with Gasteiger partial charge in [-0.25, -0.2) is 4.98 Å². The minimum atomic E-state index is -0.475. The van der Waals surface area contributed by atoms with Crippen molar-refractivity contribution in [2.24, 2.45) is 0 Å². The van der Waals surface area contributed by atoms with Crippen LogP contribution < -0.4 is 10.1 Å². The molecule has 2 aromatic carbocycles. The molecule has 3 aromatic rings. The van der Waals surface area contributed by atoms with Crippen molar-refractivity contribution in [1.29, 1.82) is 0 Å². The number of hydrogen-bond donors (Lipinski definition) is 2. The number of aromatic nitrogens is 1. The second kappa shape index (κ2) is 9.15. The molecule has 1 fully saturated rings. The molecule has 2 heterocycles. The van der Waals surface area contributed by atoms with Crippen LogP contribution in [0, 0.1) is 0 Å². The fourth-order valence-electron chi connectivity index (χ4n) is 3.16. The maximum absolute atomic E-state index is 11.7. The molecule has 0 radical (unpaired) electrons. The highest BCUT2D eigenvalue weighted by atomic mass is 32.2. The number of aliphatic hydroxyl groups excluding tert-OH is 1. The van der Waals surface area contributed by atoms with E-state index in [9.17, 15) is 14.7 Å². The van der Waals surface area contributed by atoms with Crippen LogP contribution in [0.1, 0.15) is 17.0 Å². The van der Waals surface area contributed by atoms with Crippen molar-refractivity contribution in [3.63, 3.8) is 0 Å². The van der Waals surface area contributed by atoms with Crippen LogP contribution in [0.3, 0.4) is 0 Å². The van der Waals surface area contributed by atoms with Crippen LogP contribution >= 0.6 is 11.8 Å². The number of nitrogens with one attached hydrogen (secondary N) is 1. The summed E-state index contributed by atoms with van der Waals surface area (Å²) in [5.41, 5.74) is 2.46. The van der Waals surface area contributed by atoms with Crippen LogP contribution in [0.25, 0.3) is 11.5 Å². The fraction of sp³-hybridized carbons (Fsp3) is 0.227. The van der Waals surface area contributed by atoms with Gasteiger partial charge in [0.05, 0.1) is 12.3 Å². The van der Waals surface area contributed by atoms with Gasteiger partial charge in [0, 0.05) is 30.2 Å². The number of ether oxygens (including phenoxy) is 1. The summed E-state index contributed by atoms with van der Waals surface area (Å²) in [4.78, 5) is 27.4. The van der Waals surface area contributed by atoms with E-state index in [1.54, 1.807) is 0 Å². The number of aliphatic hydroxyl groups is 1. The van der Waals surface area contributed by atoms with E-state index in [1.807, 2.05) is 54.6 Å². The summed E-state index contributed by atoms with van der Waals surface area (Å²) in [6.07, 6.45) is 0.951. The van der Waals surface area contributed by atoms with E-state index in [1.165, 1.54) is 0 Å². The predicted octanol–water partition coefficient (Wildman–Crippen LogP) is 3.35. The monoisotopic (exact) mass is 424 g/mol. The molecule has 1 atom stereocenters. The van der Waals surface area contributed by atoms with Gasteiger partial charge < -0.3 is 19.6 Å². The summed E-state index contributed by atoms with van der Waals surface area (Å²) in [5, 5.41) is 11.8. The summed E-state index contributed by atoms with van der Waals surface area (Å²) in [6.45, 7) is 0.152. The third kappa shape index (κ3) is 4.72. The molecule has 0 bridgehead atoms. The van der Waals surface area contributed by atoms with Crippen molar-refractivity contribution in [3.05, 3.63) is 71.6 Å². The first-order valence-electron chi connectivity index (χ1n) is 9.51. The Hall–Kier alpha value is -3.10. The maximum atomic E-state index is 11.7. The second-order valence-corrected chi connectivity index (χ2v) is 7.74. The van der Waals surface area contributed by atoms with Gasteiger partial charge in [-0.3, -0.25) is 9.59 Å². The molecule has 1 aromatic heterocycles. The first-order valence-corrected chi connectivity index (χ1v) is 10.3. The van der Waals surface area contributed by atoms with E-state index in [0.29, 0.717) is 42.5 Å². The number of rotatable bonds is 8. The summed E-state index contributed by atoms with van der Waals surface area (Å²) in [5.74, 6) is 1.60. The molecule has 1 saturated heterocycles. The Morgan fingerprint density at radius 3 is 2.53 bits per heavy atom. The summed E-state index contributed by atoms with van der Waals surface area (Å²) in [6, 6.07) is 16.5. The lowest BCUT2D eigenvalue weighted by atomic mass is 10.1. The molecule has 154 valence electrons. The molecule has 0 aliphatic carbocycles. The maximum Gasteiger partial charge on any atom is 0.287 e. The fourth-order valence-corrected chi connectivity index (χ4v) is 3.83. The Balaban J connectivity index is 1.33. The number of benzene rings is 2. The largest absolute Gasteiger partial charge is 0.493 e. The zero-order valence-electron chi connectivity index (χ0n) is 16.0. The molecular weight excluding hydrogens is 404 g/mol. The highest BCUT2D eigenvalue weighted by Crippen LogP contribution is 2.23. The van der Waals surface area contributed by atoms with Crippen molar-refractivity contribution >= 4 is 22.1 Å². The SMILES string of the molecule is O=C1NC(Cc2ccc(OCCc3nc(-c4ccccc4)oc3CO)cc2)C(=O)S1. The topological polar surface area (TPSA) is 102 Å². The predicted molar refractivity (Wildman–Crippen MR) is 112 cm³/mol. The zero-order chi connectivity index (χ0) is 20.9. The smallest absolute Gasteiger partial charge is 0.287 e. The third-order valence-corrected chi connectivity index (χ3v) is 5.47.